The Morgan fingerprint density at radius 3 is 2.52 bits per heavy atom. The van der Waals surface area contributed by atoms with Crippen molar-refractivity contribution >= 4 is 33.9 Å². The summed E-state index contributed by atoms with van der Waals surface area (Å²) in [6.07, 6.45) is 2.20. The number of ether oxygens (including phenoxy) is 1. The molecular formula is C22H29ClN2O5S. The molecule has 0 aromatic heterocycles. The first-order valence-electron chi connectivity index (χ1n) is 9.86. The second kappa shape index (κ2) is 10.5. The van der Waals surface area contributed by atoms with E-state index in [9.17, 15) is 18.3 Å². The molecule has 3 rings (SSSR count). The van der Waals surface area contributed by atoms with Gasteiger partial charge in [0.2, 0.25) is 10.0 Å². The van der Waals surface area contributed by atoms with Crippen LogP contribution in [-0.2, 0) is 22.9 Å². The molecule has 1 aliphatic rings. The van der Waals surface area contributed by atoms with Crippen molar-refractivity contribution in [2.75, 3.05) is 31.3 Å². The summed E-state index contributed by atoms with van der Waals surface area (Å²) in [5, 5.41) is 13.6. The first-order valence-corrected chi connectivity index (χ1v) is 11.7. The molecule has 2 unspecified atom stereocenters. The lowest BCUT2D eigenvalue weighted by Crippen LogP contribution is -2.42. The maximum atomic E-state index is 12.8. The highest BCUT2D eigenvalue weighted by Gasteiger charge is 2.32. The lowest BCUT2D eigenvalue weighted by Gasteiger charge is -2.28. The van der Waals surface area contributed by atoms with Crippen LogP contribution in [0.3, 0.4) is 0 Å². The largest absolute Gasteiger partial charge is 0.497 e. The summed E-state index contributed by atoms with van der Waals surface area (Å²) in [5.41, 5.74) is 3.21. The zero-order chi connectivity index (χ0) is 21.9. The molecule has 0 saturated heterocycles. The van der Waals surface area contributed by atoms with Crippen molar-refractivity contribution in [3.05, 3.63) is 59.2 Å². The second-order valence-corrected chi connectivity index (χ2v) is 9.59. The van der Waals surface area contributed by atoms with E-state index in [1.54, 1.807) is 31.4 Å². The SMILES string of the molecule is COc1ccc2c(c1)CCC(C(O)NCCc1ccc(N(C)S(C)(=O)=O)cc1)C2=O.Cl. The van der Waals surface area contributed by atoms with E-state index in [4.69, 9.17) is 4.74 Å². The Labute approximate surface area is 189 Å². The lowest BCUT2D eigenvalue weighted by atomic mass is 9.81. The van der Waals surface area contributed by atoms with E-state index in [2.05, 4.69) is 5.32 Å². The van der Waals surface area contributed by atoms with Crippen LogP contribution in [0.15, 0.2) is 42.5 Å². The number of fused-ring (bicyclic) bond motifs is 1. The number of carbonyl (C=O) groups excluding carboxylic acids is 1. The number of sulfonamides is 1. The number of nitrogens with zero attached hydrogens (tertiary/aromatic N) is 1. The van der Waals surface area contributed by atoms with Crippen LogP contribution in [0.25, 0.3) is 0 Å². The van der Waals surface area contributed by atoms with Crippen molar-refractivity contribution in [2.24, 2.45) is 5.92 Å². The lowest BCUT2D eigenvalue weighted by molar-refractivity contribution is 0.0515. The van der Waals surface area contributed by atoms with E-state index in [1.165, 1.54) is 11.4 Å². The molecule has 0 fully saturated rings. The first kappa shape index (κ1) is 25.1. The van der Waals surface area contributed by atoms with Crippen molar-refractivity contribution in [3.63, 3.8) is 0 Å². The molecule has 0 heterocycles. The number of anilines is 1. The van der Waals surface area contributed by atoms with Gasteiger partial charge in [0.15, 0.2) is 5.78 Å². The van der Waals surface area contributed by atoms with Crippen LogP contribution in [0.2, 0.25) is 0 Å². The van der Waals surface area contributed by atoms with Crippen LogP contribution in [0, 0.1) is 5.92 Å². The standard InChI is InChI=1S/C22H28N2O5S.ClH/c1-24(30(3,27)28)17-7-4-15(5-8-17)12-13-23-22(26)20-10-6-16-14-18(29-2)9-11-19(16)21(20)25;/h4-5,7-9,11,14,20,22-23,26H,6,10,12-13H2,1-3H3;1H. The van der Waals surface area contributed by atoms with E-state index in [-0.39, 0.29) is 18.2 Å². The number of methoxy groups -OCH3 is 1. The normalized spacial score (nSPS) is 16.8. The number of aryl methyl sites for hydroxylation is 1. The van der Waals surface area contributed by atoms with Gasteiger partial charge in [-0.1, -0.05) is 12.1 Å². The maximum absolute atomic E-state index is 12.8. The molecule has 0 saturated carbocycles. The molecule has 2 aromatic carbocycles. The average molecular weight is 469 g/mol. The second-order valence-electron chi connectivity index (χ2n) is 7.58. The van der Waals surface area contributed by atoms with Gasteiger partial charge in [-0.15, -0.1) is 12.4 Å². The molecular weight excluding hydrogens is 440 g/mol. The predicted octanol–water partition coefficient (Wildman–Crippen LogP) is 2.41. The van der Waals surface area contributed by atoms with Crippen molar-refractivity contribution in [1.82, 2.24) is 5.32 Å². The van der Waals surface area contributed by atoms with Crippen LogP contribution in [-0.4, -0.2) is 52.5 Å². The number of aliphatic hydroxyl groups excluding tert-OH is 1. The molecule has 170 valence electrons. The fourth-order valence-electron chi connectivity index (χ4n) is 3.66. The number of Topliss-reactive ketones (excluding diaryl/α,β-unsaturated/α-hetero) is 1. The minimum absolute atomic E-state index is 0. The Morgan fingerprint density at radius 1 is 1.23 bits per heavy atom. The highest BCUT2D eigenvalue weighted by atomic mass is 35.5. The molecule has 0 radical (unpaired) electrons. The summed E-state index contributed by atoms with van der Waals surface area (Å²) in [6.45, 7) is 0.502. The number of hydrogen-bond acceptors (Lipinski definition) is 6. The quantitative estimate of drug-likeness (QED) is 0.577. The zero-order valence-corrected chi connectivity index (χ0v) is 19.5. The van der Waals surface area contributed by atoms with Crippen molar-refractivity contribution in [3.8, 4) is 5.75 Å². The van der Waals surface area contributed by atoms with Gasteiger partial charge in [-0.25, -0.2) is 8.42 Å². The van der Waals surface area contributed by atoms with Gasteiger partial charge in [-0.05, 0) is 60.7 Å². The topological polar surface area (TPSA) is 95.9 Å². The zero-order valence-electron chi connectivity index (χ0n) is 17.9. The summed E-state index contributed by atoms with van der Waals surface area (Å²) in [5.74, 6) is 0.205. The van der Waals surface area contributed by atoms with Gasteiger partial charge in [-0.2, -0.15) is 0 Å². The van der Waals surface area contributed by atoms with Crippen LogP contribution in [0.5, 0.6) is 5.75 Å². The van der Waals surface area contributed by atoms with Crippen LogP contribution in [0.1, 0.15) is 27.9 Å². The highest BCUT2D eigenvalue weighted by Crippen LogP contribution is 2.30. The smallest absolute Gasteiger partial charge is 0.231 e. The number of benzene rings is 2. The Hall–Kier alpha value is -2.13. The summed E-state index contributed by atoms with van der Waals surface area (Å²) < 4.78 is 29.6. The summed E-state index contributed by atoms with van der Waals surface area (Å²) in [4.78, 5) is 12.8. The number of hydrogen-bond donors (Lipinski definition) is 2. The minimum Gasteiger partial charge on any atom is -0.497 e. The molecule has 2 N–H and O–H groups in total. The Bertz CT molecular complexity index is 1010. The van der Waals surface area contributed by atoms with E-state index in [0.717, 1.165) is 29.6 Å². The fraction of sp³-hybridized carbons (Fsp3) is 0.409. The van der Waals surface area contributed by atoms with Gasteiger partial charge in [0.25, 0.3) is 0 Å². The van der Waals surface area contributed by atoms with E-state index >= 15 is 0 Å². The number of carbonyl (C=O) groups is 1. The van der Waals surface area contributed by atoms with Crippen LogP contribution in [0.4, 0.5) is 5.69 Å². The van der Waals surface area contributed by atoms with Crippen LogP contribution >= 0.6 is 12.4 Å². The van der Waals surface area contributed by atoms with Gasteiger partial charge in [-0.3, -0.25) is 14.4 Å². The maximum Gasteiger partial charge on any atom is 0.231 e. The minimum atomic E-state index is -3.29. The molecule has 31 heavy (non-hydrogen) atoms. The third kappa shape index (κ3) is 5.98. The number of ketones is 1. The predicted molar refractivity (Wildman–Crippen MR) is 124 cm³/mol. The van der Waals surface area contributed by atoms with E-state index in [1.807, 2.05) is 18.2 Å². The molecule has 2 aromatic rings. The van der Waals surface area contributed by atoms with Gasteiger partial charge >= 0.3 is 0 Å². The molecule has 2 atom stereocenters. The molecule has 0 spiro atoms. The van der Waals surface area contributed by atoms with E-state index < -0.39 is 22.2 Å². The summed E-state index contributed by atoms with van der Waals surface area (Å²) in [7, 11) is -0.182. The number of aliphatic hydroxyl groups is 1. The van der Waals surface area contributed by atoms with Crippen molar-refractivity contribution in [1.29, 1.82) is 0 Å². The number of nitrogens with one attached hydrogen (secondary N) is 1. The Balaban J connectivity index is 0.00000341. The monoisotopic (exact) mass is 468 g/mol. The number of halogens is 1. The average Bonchev–Trinajstić information content (AvgIpc) is 2.73. The van der Waals surface area contributed by atoms with Gasteiger partial charge in [0, 0.05) is 19.2 Å². The van der Waals surface area contributed by atoms with Gasteiger partial charge in [0.1, 0.15) is 12.0 Å². The number of rotatable bonds is 8. The fourth-order valence-corrected chi connectivity index (χ4v) is 4.16. The highest BCUT2D eigenvalue weighted by molar-refractivity contribution is 7.92. The summed E-state index contributed by atoms with van der Waals surface area (Å²) in [6, 6.07) is 12.6. The van der Waals surface area contributed by atoms with Crippen LogP contribution < -0.4 is 14.4 Å². The Morgan fingerprint density at radius 2 is 1.90 bits per heavy atom. The molecule has 0 amide bonds. The molecule has 0 aliphatic heterocycles. The summed E-state index contributed by atoms with van der Waals surface area (Å²) >= 11 is 0. The van der Waals surface area contributed by atoms with Crippen molar-refractivity contribution < 1.29 is 23.1 Å². The van der Waals surface area contributed by atoms with Gasteiger partial charge < -0.3 is 9.84 Å². The molecule has 0 bridgehead atoms. The third-order valence-electron chi connectivity index (χ3n) is 5.59. The first-order chi connectivity index (χ1) is 14.2. The van der Waals surface area contributed by atoms with E-state index in [0.29, 0.717) is 30.6 Å². The Kier molecular flexibility index (Phi) is 8.48. The molecule has 7 nitrogen and oxygen atoms in total. The molecule has 1 aliphatic carbocycles. The van der Waals surface area contributed by atoms with Gasteiger partial charge in [0.05, 0.1) is 25.0 Å². The third-order valence-corrected chi connectivity index (χ3v) is 6.79. The molecule has 9 heteroatoms. The van der Waals surface area contributed by atoms with Crippen molar-refractivity contribution in [2.45, 2.75) is 25.5 Å².